The van der Waals surface area contributed by atoms with Gasteiger partial charge in [-0.25, -0.2) is 0 Å². The number of carbonyl (C=O) groups excluding carboxylic acids is 3. The van der Waals surface area contributed by atoms with E-state index in [1.165, 1.54) is 12.1 Å². The maximum absolute atomic E-state index is 12.2. The normalized spacial score (nSPS) is 24.1. The van der Waals surface area contributed by atoms with E-state index in [9.17, 15) is 14.4 Å². The number of allylic oxidation sites excluding steroid dienone is 2. The van der Waals surface area contributed by atoms with Crippen molar-refractivity contribution in [1.82, 2.24) is 10.4 Å². The van der Waals surface area contributed by atoms with Gasteiger partial charge in [0.05, 0.1) is 11.8 Å². The quantitative estimate of drug-likeness (QED) is 0.670. The lowest BCUT2D eigenvalue weighted by Crippen LogP contribution is -2.46. The molecule has 0 unspecified atom stereocenters. The number of hydrogen-bond donors (Lipinski definition) is 1. The van der Waals surface area contributed by atoms with Gasteiger partial charge in [0.15, 0.2) is 0 Å². The van der Waals surface area contributed by atoms with Crippen molar-refractivity contribution in [2.75, 3.05) is 0 Å². The molecule has 2 atom stereocenters. The highest BCUT2D eigenvalue weighted by molar-refractivity contribution is 6.30. The van der Waals surface area contributed by atoms with Gasteiger partial charge in [0.25, 0.3) is 17.7 Å². The predicted octanol–water partition coefficient (Wildman–Crippen LogP) is 1.94. The second-order valence-corrected chi connectivity index (χ2v) is 5.55. The van der Waals surface area contributed by atoms with Gasteiger partial charge < -0.3 is 0 Å². The Hall–Kier alpha value is -2.14. The number of benzene rings is 1. The lowest BCUT2D eigenvalue weighted by atomic mass is 9.85. The first-order valence-corrected chi connectivity index (χ1v) is 7.05. The van der Waals surface area contributed by atoms with Gasteiger partial charge in [0, 0.05) is 10.6 Å². The third kappa shape index (κ3) is 2.45. The van der Waals surface area contributed by atoms with Crippen molar-refractivity contribution in [2.45, 2.75) is 12.8 Å². The summed E-state index contributed by atoms with van der Waals surface area (Å²) in [6.07, 6.45) is 4.89. The number of amides is 3. The second kappa shape index (κ2) is 5.33. The van der Waals surface area contributed by atoms with Gasteiger partial charge in [-0.05, 0) is 37.1 Å². The van der Waals surface area contributed by atoms with Crippen molar-refractivity contribution < 1.29 is 14.4 Å². The summed E-state index contributed by atoms with van der Waals surface area (Å²) in [5.74, 6) is -1.88. The Morgan fingerprint density at radius 1 is 1.05 bits per heavy atom. The molecule has 1 aliphatic carbocycles. The third-order valence-electron chi connectivity index (χ3n) is 3.83. The number of nitrogens with zero attached hydrogens (tertiary/aromatic N) is 1. The lowest BCUT2D eigenvalue weighted by molar-refractivity contribution is -0.142. The molecule has 0 saturated carbocycles. The van der Waals surface area contributed by atoms with Crippen molar-refractivity contribution in [2.24, 2.45) is 11.8 Å². The molecule has 1 heterocycles. The summed E-state index contributed by atoms with van der Waals surface area (Å²) in [7, 11) is 0. The fraction of sp³-hybridized carbons (Fsp3) is 0.267. The zero-order valence-corrected chi connectivity index (χ0v) is 11.8. The standard InChI is InChI=1S/C15H13ClN2O3/c16-10-7-5-9(6-8-10)13(19)17-18-14(20)11-3-1-2-4-12(11)15(18)21/h1-2,5-8,11-12H,3-4H2,(H,17,19)/t11-,12+. The van der Waals surface area contributed by atoms with Crippen LogP contribution in [-0.4, -0.2) is 22.7 Å². The molecule has 1 aliphatic heterocycles. The van der Waals surface area contributed by atoms with Gasteiger partial charge in [-0.3, -0.25) is 19.8 Å². The van der Waals surface area contributed by atoms with Gasteiger partial charge >= 0.3 is 0 Å². The first-order chi connectivity index (χ1) is 10.1. The summed E-state index contributed by atoms with van der Waals surface area (Å²) in [6, 6.07) is 6.23. The summed E-state index contributed by atoms with van der Waals surface area (Å²) >= 11 is 5.76. The zero-order valence-electron chi connectivity index (χ0n) is 11.1. The molecule has 1 aromatic rings. The molecular formula is C15H13ClN2O3. The fourth-order valence-corrected chi connectivity index (χ4v) is 2.80. The van der Waals surface area contributed by atoms with Crippen LogP contribution in [0.25, 0.3) is 0 Å². The number of nitrogens with one attached hydrogen (secondary N) is 1. The van der Waals surface area contributed by atoms with E-state index in [1.807, 2.05) is 12.2 Å². The minimum atomic E-state index is -0.500. The SMILES string of the molecule is O=C(NN1C(=O)[C@H]2CC=CC[C@H]2C1=O)c1ccc(Cl)cc1. The van der Waals surface area contributed by atoms with Crippen molar-refractivity contribution in [3.63, 3.8) is 0 Å². The summed E-state index contributed by atoms with van der Waals surface area (Å²) in [6.45, 7) is 0. The minimum Gasteiger partial charge on any atom is -0.272 e. The molecule has 6 heteroatoms. The van der Waals surface area contributed by atoms with Crippen LogP contribution in [0, 0.1) is 11.8 Å². The van der Waals surface area contributed by atoms with Gasteiger partial charge in [-0.2, -0.15) is 5.01 Å². The maximum atomic E-state index is 12.2. The van der Waals surface area contributed by atoms with Crippen molar-refractivity contribution in [1.29, 1.82) is 0 Å². The highest BCUT2D eigenvalue weighted by Crippen LogP contribution is 2.34. The van der Waals surface area contributed by atoms with Crippen LogP contribution in [-0.2, 0) is 9.59 Å². The van der Waals surface area contributed by atoms with Crippen molar-refractivity contribution >= 4 is 29.3 Å². The van der Waals surface area contributed by atoms with Crippen molar-refractivity contribution in [3.8, 4) is 0 Å². The zero-order chi connectivity index (χ0) is 15.0. The number of fused-ring (bicyclic) bond motifs is 1. The first kappa shape index (κ1) is 13.8. The van der Waals surface area contributed by atoms with E-state index in [2.05, 4.69) is 5.43 Å². The van der Waals surface area contributed by atoms with E-state index in [0.29, 0.717) is 23.4 Å². The van der Waals surface area contributed by atoms with E-state index < -0.39 is 5.91 Å². The largest absolute Gasteiger partial charge is 0.272 e. The number of rotatable bonds is 2. The Kier molecular flexibility index (Phi) is 3.51. The molecule has 108 valence electrons. The first-order valence-electron chi connectivity index (χ1n) is 6.67. The van der Waals surface area contributed by atoms with Gasteiger partial charge in [-0.1, -0.05) is 23.8 Å². The van der Waals surface area contributed by atoms with Crippen LogP contribution in [0.5, 0.6) is 0 Å². The molecule has 21 heavy (non-hydrogen) atoms. The molecule has 0 bridgehead atoms. The molecule has 3 rings (SSSR count). The van der Waals surface area contributed by atoms with E-state index in [-0.39, 0.29) is 23.7 Å². The van der Waals surface area contributed by atoms with Crippen LogP contribution in [0.4, 0.5) is 0 Å². The van der Waals surface area contributed by atoms with Crippen LogP contribution in [0.2, 0.25) is 5.02 Å². The second-order valence-electron chi connectivity index (χ2n) is 5.12. The number of hydrogen-bond acceptors (Lipinski definition) is 3. The minimum absolute atomic E-state index is 0.336. The van der Waals surface area contributed by atoms with E-state index in [0.717, 1.165) is 5.01 Å². The van der Waals surface area contributed by atoms with E-state index >= 15 is 0 Å². The van der Waals surface area contributed by atoms with Gasteiger partial charge in [-0.15, -0.1) is 0 Å². The molecule has 5 nitrogen and oxygen atoms in total. The highest BCUT2D eigenvalue weighted by atomic mass is 35.5. The summed E-state index contributed by atoms with van der Waals surface area (Å²) in [5, 5.41) is 1.37. The molecule has 3 amide bonds. The molecule has 0 aromatic heterocycles. The predicted molar refractivity (Wildman–Crippen MR) is 76.1 cm³/mol. The van der Waals surface area contributed by atoms with Crippen LogP contribution in [0.3, 0.4) is 0 Å². The maximum Gasteiger partial charge on any atom is 0.270 e. The molecule has 0 radical (unpaired) electrons. The Labute approximate surface area is 126 Å². The Bertz CT molecular complexity index is 613. The van der Waals surface area contributed by atoms with E-state index in [4.69, 9.17) is 11.6 Å². The molecule has 2 aliphatic rings. The summed E-state index contributed by atoms with van der Waals surface area (Å²) < 4.78 is 0. The number of halogens is 1. The number of carbonyl (C=O) groups is 3. The fourth-order valence-electron chi connectivity index (χ4n) is 2.68. The topological polar surface area (TPSA) is 66.5 Å². The van der Waals surface area contributed by atoms with E-state index in [1.54, 1.807) is 12.1 Å². The number of imide groups is 1. The van der Waals surface area contributed by atoms with Crippen LogP contribution in [0.15, 0.2) is 36.4 Å². The van der Waals surface area contributed by atoms with Crippen LogP contribution >= 0.6 is 11.6 Å². The van der Waals surface area contributed by atoms with Crippen molar-refractivity contribution in [3.05, 3.63) is 47.0 Å². The van der Waals surface area contributed by atoms with Crippen LogP contribution < -0.4 is 5.43 Å². The molecule has 1 N–H and O–H groups in total. The smallest absolute Gasteiger partial charge is 0.270 e. The number of hydrazine groups is 1. The third-order valence-corrected chi connectivity index (χ3v) is 4.08. The molecule has 1 aromatic carbocycles. The monoisotopic (exact) mass is 304 g/mol. The molecule has 0 spiro atoms. The lowest BCUT2D eigenvalue weighted by Gasteiger charge is -2.15. The summed E-state index contributed by atoms with van der Waals surface area (Å²) in [5.41, 5.74) is 2.74. The molecular weight excluding hydrogens is 292 g/mol. The Balaban J connectivity index is 1.76. The average molecular weight is 305 g/mol. The Morgan fingerprint density at radius 3 is 2.10 bits per heavy atom. The molecule has 1 saturated heterocycles. The average Bonchev–Trinajstić information content (AvgIpc) is 2.73. The van der Waals surface area contributed by atoms with Gasteiger partial charge in [0.1, 0.15) is 0 Å². The molecule has 1 fully saturated rings. The Morgan fingerprint density at radius 2 is 1.57 bits per heavy atom. The summed E-state index contributed by atoms with van der Waals surface area (Å²) in [4.78, 5) is 36.5. The van der Waals surface area contributed by atoms with Crippen LogP contribution in [0.1, 0.15) is 23.2 Å². The van der Waals surface area contributed by atoms with Gasteiger partial charge in [0.2, 0.25) is 0 Å². The highest BCUT2D eigenvalue weighted by Gasteiger charge is 2.48.